The fourth-order valence-corrected chi connectivity index (χ4v) is 1.70. The van der Waals surface area contributed by atoms with Crippen molar-refractivity contribution in [2.75, 3.05) is 5.73 Å². The van der Waals surface area contributed by atoms with Crippen LogP contribution in [0.25, 0.3) is 0 Å². The van der Waals surface area contributed by atoms with Gasteiger partial charge in [-0.15, -0.1) is 0 Å². The van der Waals surface area contributed by atoms with Gasteiger partial charge < -0.3 is 5.73 Å². The number of rotatable bonds is 3. The van der Waals surface area contributed by atoms with Crippen molar-refractivity contribution in [2.45, 2.75) is 26.0 Å². The number of sulfonamides is 1. The first-order valence-corrected chi connectivity index (χ1v) is 6.71. The van der Waals surface area contributed by atoms with Crippen LogP contribution in [0.4, 0.5) is 5.69 Å². The number of carbonyl (C=O) groups is 1. The number of amides is 1. The molecule has 0 unspecified atom stereocenters. The minimum atomic E-state index is -3.61. The first kappa shape index (κ1) is 13.5. The second-order valence-electron chi connectivity index (χ2n) is 4.10. The summed E-state index contributed by atoms with van der Waals surface area (Å²) in [5.41, 5.74) is 7.19. The first-order valence-electron chi connectivity index (χ1n) is 5.16. The molecule has 0 saturated heterocycles. The average Bonchev–Trinajstić information content (AvgIpc) is 2.21. The highest BCUT2D eigenvalue weighted by atomic mass is 32.2. The summed E-state index contributed by atoms with van der Waals surface area (Å²) >= 11 is 0. The highest BCUT2D eigenvalue weighted by Crippen LogP contribution is 2.13. The van der Waals surface area contributed by atoms with E-state index in [-0.39, 0.29) is 5.56 Å². The van der Waals surface area contributed by atoms with E-state index in [4.69, 9.17) is 5.73 Å². The van der Waals surface area contributed by atoms with Crippen molar-refractivity contribution in [3.63, 3.8) is 0 Å². The molecule has 1 rings (SSSR count). The van der Waals surface area contributed by atoms with Gasteiger partial charge in [-0.25, -0.2) is 13.1 Å². The number of benzene rings is 1. The van der Waals surface area contributed by atoms with E-state index in [9.17, 15) is 13.2 Å². The van der Waals surface area contributed by atoms with Gasteiger partial charge in [0.15, 0.2) is 0 Å². The summed E-state index contributed by atoms with van der Waals surface area (Å²) in [7, 11) is -3.61. The van der Waals surface area contributed by atoms with Gasteiger partial charge in [-0.3, -0.25) is 4.79 Å². The van der Waals surface area contributed by atoms with Crippen LogP contribution in [-0.4, -0.2) is 19.6 Å². The predicted octanol–water partition coefficient (Wildman–Crippen LogP) is 1.05. The van der Waals surface area contributed by atoms with Gasteiger partial charge in [-0.1, -0.05) is 6.07 Å². The molecule has 0 spiro atoms. The third kappa shape index (κ3) is 3.20. The second-order valence-corrected chi connectivity index (χ2v) is 6.33. The quantitative estimate of drug-likeness (QED) is 0.791. The maximum absolute atomic E-state index is 11.7. The van der Waals surface area contributed by atoms with E-state index in [0.29, 0.717) is 5.69 Å². The van der Waals surface area contributed by atoms with Crippen LogP contribution < -0.4 is 10.5 Å². The molecule has 0 bridgehead atoms. The molecule has 0 aliphatic carbocycles. The van der Waals surface area contributed by atoms with Gasteiger partial charge in [-0.2, -0.15) is 0 Å². The molecule has 3 N–H and O–H groups in total. The Morgan fingerprint density at radius 2 is 1.94 bits per heavy atom. The molecule has 0 saturated carbocycles. The SMILES string of the molecule is Cc1ccc(C(=O)NS(=O)(=O)C(C)C)cc1N. The number of nitrogens with one attached hydrogen (secondary N) is 1. The zero-order valence-electron chi connectivity index (χ0n) is 10.0. The lowest BCUT2D eigenvalue weighted by atomic mass is 10.1. The zero-order valence-corrected chi connectivity index (χ0v) is 10.8. The van der Waals surface area contributed by atoms with E-state index >= 15 is 0 Å². The summed E-state index contributed by atoms with van der Waals surface area (Å²) in [6.45, 7) is 4.81. The summed E-state index contributed by atoms with van der Waals surface area (Å²) in [4.78, 5) is 11.7. The Morgan fingerprint density at radius 1 is 1.35 bits per heavy atom. The maximum Gasteiger partial charge on any atom is 0.264 e. The number of hydrogen-bond acceptors (Lipinski definition) is 4. The fraction of sp³-hybridized carbons (Fsp3) is 0.364. The van der Waals surface area contributed by atoms with Crippen LogP contribution >= 0.6 is 0 Å². The van der Waals surface area contributed by atoms with E-state index in [1.165, 1.54) is 26.0 Å². The molecule has 1 aromatic carbocycles. The highest BCUT2D eigenvalue weighted by Gasteiger charge is 2.19. The molecular formula is C11H16N2O3S. The van der Waals surface area contributed by atoms with Crippen molar-refractivity contribution in [3.8, 4) is 0 Å². The molecule has 6 heteroatoms. The van der Waals surface area contributed by atoms with Crippen molar-refractivity contribution in [2.24, 2.45) is 0 Å². The van der Waals surface area contributed by atoms with E-state index in [2.05, 4.69) is 0 Å². The van der Waals surface area contributed by atoms with E-state index in [1.807, 2.05) is 11.6 Å². The molecule has 94 valence electrons. The van der Waals surface area contributed by atoms with Gasteiger partial charge in [0.25, 0.3) is 5.91 Å². The number of nitrogen functional groups attached to an aromatic ring is 1. The van der Waals surface area contributed by atoms with E-state index in [0.717, 1.165) is 5.56 Å². The minimum Gasteiger partial charge on any atom is -0.398 e. The molecule has 0 heterocycles. The number of carbonyl (C=O) groups excluding carboxylic acids is 1. The van der Waals surface area contributed by atoms with Crippen LogP contribution in [0.3, 0.4) is 0 Å². The Bertz CT molecular complexity index is 536. The van der Waals surface area contributed by atoms with Gasteiger partial charge in [0.1, 0.15) is 0 Å². The van der Waals surface area contributed by atoms with Gasteiger partial charge in [0.2, 0.25) is 10.0 Å². The molecule has 0 aliphatic rings. The Morgan fingerprint density at radius 3 is 2.41 bits per heavy atom. The van der Waals surface area contributed by atoms with Crippen LogP contribution in [0.2, 0.25) is 0 Å². The van der Waals surface area contributed by atoms with Gasteiger partial charge >= 0.3 is 0 Å². The summed E-state index contributed by atoms with van der Waals surface area (Å²) in [6.07, 6.45) is 0. The third-order valence-corrected chi connectivity index (χ3v) is 4.11. The fourth-order valence-electron chi connectivity index (χ4n) is 1.09. The summed E-state index contributed by atoms with van der Waals surface area (Å²) < 4.78 is 25.0. The molecule has 0 fully saturated rings. The van der Waals surface area contributed by atoms with Crippen LogP contribution in [0.1, 0.15) is 29.8 Å². The summed E-state index contributed by atoms with van der Waals surface area (Å²) in [5, 5.41) is -0.658. The van der Waals surface area contributed by atoms with Crippen molar-refractivity contribution in [3.05, 3.63) is 29.3 Å². The summed E-state index contributed by atoms with van der Waals surface area (Å²) in [5.74, 6) is -0.662. The normalized spacial score (nSPS) is 11.5. The molecule has 1 amide bonds. The highest BCUT2D eigenvalue weighted by molar-refractivity contribution is 7.90. The lowest BCUT2D eigenvalue weighted by molar-refractivity contribution is 0.0981. The summed E-state index contributed by atoms with van der Waals surface area (Å²) in [6, 6.07) is 4.67. The first-order chi connectivity index (χ1) is 7.74. The maximum atomic E-state index is 11.7. The van der Waals surface area contributed by atoms with Crippen LogP contribution in [-0.2, 0) is 10.0 Å². The molecular weight excluding hydrogens is 240 g/mol. The molecule has 1 aromatic rings. The van der Waals surface area contributed by atoms with Crippen molar-refractivity contribution in [1.82, 2.24) is 4.72 Å². The Kier molecular flexibility index (Phi) is 3.77. The smallest absolute Gasteiger partial charge is 0.264 e. The molecule has 0 aromatic heterocycles. The van der Waals surface area contributed by atoms with Crippen LogP contribution in [0, 0.1) is 6.92 Å². The van der Waals surface area contributed by atoms with Crippen molar-refractivity contribution in [1.29, 1.82) is 0 Å². The second kappa shape index (κ2) is 4.75. The number of nitrogens with two attached hydrogens (primary N) is 1. The number of hydrogen-bond donors (Lipinski definition) is 2. The molecule has 0 atom stereocenters. The lowest BCUT2D eigenvalue weighted by Crippen LogP contribution is -2.35. The van der Waals surface area contributed by atoms with Gasteiger partial charge in [0.05, 0.1) is 5.25 Å². The topological polar surface area (TPSA) is 89.3 Å². The van der Waals surface area contributed by atoms with Crippen molar-refractivity contribution < 1.29 is 13.2 Å². The molecule has 17 heavy (non-hydrogen) atoms. The van der Waals surface area contributed by atoms with Gasteiger partial charge in [-0.05, 0) is 38.5 Å². The third-order valence-electron chi connectivity index (χ3n) is 2.40. The van der Waals surface area contributed by atoms with E-state index in [1.54, 1.807) is 6.07 Å². The lowest BCUT2D eigenvalue weighted by Gasteiger charge is -2.10. The number of anilines is 1. The minimum absolute atomic E-state index is 0.234. The number of aryl methyl sites for hydroxylation is 1. The zero-order chi connectivity index (χ0) is 13.2. The Balaban J connectivity index is 2.95. The molecule has 5 nitrogen and oxygen atoms in total. The van der Waals surface area contributed by atoms with Gasteiger partial charge in [0, 0.05) is 11.3 Å². The standard InChI is InChI=1S/C11H16N2O3S/c1-7(2)17(15,16)13-11(14)9-5-4-8(3)10(12)6-9/h4-7H,12H2,1-3H3,(H,13,14). The van der Waals surface area contributed by atoms with Crippen molar-refractivity contribution >= 4 is 21.6 Å². The molecule has 0 aliphatic heterocycles. The Hall–Kier alpha value is -1.56. The Labute approximate surface area is 101 Å². The molecule has 0 radical (unpaired) electrons. The average molecular weight is 256 g/mol. The predicted molar refractivity (Wildman–Crippen MR) is 67.1 cm³/mol. The van der Waals surface area contributed by atoms with E-state index < -0.39 is 21.2 Å². The van der Waals surface area contributed by atoms with Crippen LogP contribution in [0.5, 0.6) is 0 Å². The van der Waals surface area contributed by atoms with Crippen LogP contribution in [0.15, 0.2) is 18.2 Å². The largest absolute Gasteiger partial charge is 0.398 e. The monoisotopic (exact) mass is 256 g/mol.